The Hall–Kier alpha value is -0.643. The molecule has 0 saturated heterocycles. The van der Waals surface area contributed by atoms with E-state index in [1.165, 1.54) is 5.56 Å². The molecule has 0 saturated carbocycles. The van der Waals surface area contributed by atoms with Crippen molar-refractivity contribution in [3.8, 4) is 0 Å². The van der Waals surface area contributed by atoms with Crippen LogP contribution in [0.3, 0.4) is 0 Å². The van der Waals surface area contributed by atoms with Crippen LogP contribution in [0.4, 0.5) is 0 Å². The molecule has 0 radical (unpaired) electrons. The molecule has 1 aromatic rings. The molecule has 2 nitrogen and oxygen atoms in total. The van der Waals surface area contributed by atoms with E-state index in [1.54, 1.807) is 0 Å². The molecule has 3 heteroatoms. The zero-order chi connectivity index (χ0) is 11.8. The van der Waals surface area contributed by atoms with Crippen LogP contribution in [0, 0.1) is 0 Å². The lowest BCUT2D eigenvalue weighted by atomic mass is 10.0. The van der Waals surface area contributed by atoms with Crippen molar-refractivity contribution in [2.24, 2.45) is 0 Å². The fraction of sp³-hybridized carbons (Fsp3) is 0.538. The Morgan fingerprint density at radius 1 is 1.06 bits per heavy atom. The summed E-state index contributed by atoms with van der Waals surface area (Å²) in [4.78, 5) is 0. The van der Waals surface area contributed by atoms with Crippen molar-refractivity contribution in [2.45, 2.75) is 32.7 Å². The zero-order valence-corrected chi connectivity index (χ0v) is 11.6. The number of hydrogen-bond donors (Lipinski definition) is 0. The van der Waals surface area contributed by atoms with Gasteiger partial charge in [0.05, 0.1) is 0 Å². The van der Waals surface area contributed by atoms with Crippen LogP contribution >= 0.6 is 0 Å². The number of rotatable bonds is 7. The van der Waals surface area contributed by atoms with E-state index in [0.717, 1.165) is 19.3 Å². The summed E-state index contributed by atoms with van der Waals surface area (Å²) in [7, 11) is -1.46. The average molecular weight is 238 g/mol. The Bertz CT molecular complexity index is 271. The first kappa shape index (κ1) is 13.4. The minimum Gasteiger partial charge on any atom is -0.397 e. The Balaban J connectivity index is 2.50. The first-order valence-corrected chi connectivity index (χ1v) is 7.82. The molecule has 0 aliphatic rings. The molecule has 0 fully saturated rings. The first-order chi connectivity index (χ1) is 7.77. The van der Waals surface area contributed by atoms with E-state index in [4.69, 9.17) is 8.85 Å². The highest BCUT2D eigenvalue weighted by Gasteiger charge is 2.17. The molecule has 0 aliphatic heterocycles. The van der Waals surface area contributed by atoms with Crippen molar-refractivity contribution < 1.29 is 8.85 Å². The highest BCUT2D eigenvalue weighted by Crippen LogP contribution is 2.21. The maximum atomic E-state index is 5.69. The van der Waals surface area contributed by atoms with Crippen LogP contribution < -0.4 is 0 Å². The smallest absolute Gasteiger partial charge is 0.321 e. The van der Waals surface area contributed by atoms with Gasteiger partial charge in [-0.2, -0.15) is 0 Å². The van der Waals surface area contributed by atoms with Gasteiger partial charge in [-0.05, 0) is 31.4 Å². The molecule has 16 heavy (non-hydrogen) atoms. The Morgan fingerprint density at radius 2 is 1.62 bits per heavy atom. The van der Waals surface area contributed by atoms with Crippen LogP contribution in [0.2, 0.25) is 6.04 Å². The topological polar surface area (TPSA) is 18.5 Å². The van der Waals surface area contributed by atoms with Gasteiger partial charge in [0.25, 0.3) is 0 Å². The molecule has 1 aromatic carbocycles. The van der Waals surface area contributed by atoms with Crippen LogP contribution in [0.1, 0.15) is 32.3 Å². The quantitative estimate of drug-likeness (QED) is 0.680. The fourth-order valence-electron chi connectivity index (χ4n) is 1.76. The van der Waals surface area contributed by atoms with Crippen LogP contribution in [-0.2, 0) is 8.85 Å². The standard InChI is InChI=1S/C13H22O2Si/c1-4-14-16(15-5-2)11-12(3)13-9-7-6-8-10-13/h6-10,12,16H,4-5,11H2,1-3H3. The van der Waals surface area contributed by atoms with Gasteiger partial charge in [0.15, 0.2) is 0 Å². The predicted octanol–water partition coefficient (Wildman–Crippen LogP) is 3.08. The molecule has 1 unspecified atom stereocenters. The molecule has 0 amide bonds. The summed E-state index contributed by atoms with van der Waals surface area (Å²) in [5.74, 6) is 0.524. The molecule has 0 N–H and O–H groups in total. The highest BCUT2D eigenvalue weighted by atomic mass is 28.3. The molecule has 0 aliphatic carbocycles. The SMILES string of the molecule is CCO[SiH](CC(C)c1ccccc1)OCC. The van der Waals surface area contributed by atoms with Gasteiger partial charge in [-0.25, -0.2) is 0 Å². The predicted molar refractivity (Wildman–Crippen MR) is 70.1 cm³/mol. The van der Waals surface area contributed by atoms with E-state index in [9.17, 15) is 0 Å². The molecular formula is C13H22O2Si. The summed E-state index contributed by atoms with van der Waals surface area (Å²) in [6.45, 7) is 7.84. The van der Waals surface area contributed by atoms with Crippen LogP contribution in [0.25, 0.3) is 0 Å². The third-order valence-electron chi connectivity index (χ3n) is 2.62. The Kier molecular flexibility index (Phi) is 6.38. The second-order valence-electron chi connectivity index (χ2n) is 3.89. The third kappa shape index (κ3) is 4.47. The van der Waals surface area contributed by atoms with Crippen LogP contribution in [0.15, 0.2) is 30.3 Å². The van der Waals surface area contributed by atoms with Crippen LogP contribution in [-0.4, -0.2) is 22.5 Å². The fourth-order valence-corrected chi connectivity index (χ4v) is 3.72. The molecule has 90 valence electrons. The number of hydrogen-bond acceptors (Lipinski definition) is 2. The molecule has 0 aromatic heterocycles. The van der Waals surface area contributed by atoms with Gasteiger partial charge in [0, 0.05) is 13.2 Å². The van der Waals surface area contributed by atoms with E-state index < -0.39 is 9.28 Å². The summed E-state index contributed by atoms with van der Waals surface area (Å²) in [5, 5.41) is 0. The van der Waals surface area contributed by atoms with Crippen molar-refractivity contribution >= 4 is 9.28 Å². The third-order valence-corrected chi connectivity index (χ3v) is 5.12. The summed E-state index contributed by atoms with van der Waals surface area (Å²) in [6.07, 6.45) is 0. The first-order valence-electron chi connectivity index (χ1n) is 6.06. The minimum atomic E-state index is -1.46. The van der Waals surface area contributed by atoms with Gasteiger partial charge in [0.1, 0.15) is 0 Å². The number of benzene rings is 1. The largest absolute Gasteiger partial charge is 0.397 e. The lowest BCUT2D eigenvalue weighted by Gasteiger charge is -2.19. The Labute approximate surface area is 100 Å². The summed E-state index contributed by atoms with van der Waals surface area (Å²) < 4.78 is 11.4. The van der Waals surface area contributed by atoms with Crippen molar-refractivity contribution in [3.05, 3.63) is 35.9 Å². The lowest BCUT2D eigenvalue weighted by Crippen LogP contribution is -2.24. The monoisotopic (exact) mass is 238 g/mol. The summed E-state index contributed by atoms with van der Waals surface area (Å²) in [6, 6.07) is 11.6. The molecule has 1 rings (SSSR count). The normalized spacial score (nSPS) is 13.0. The average Bonchev–Trinajstić information content (AvgIpc) is 2.31. The van der Waals surface area contributed by atoms with Gasteiger partial charge >= 0.3 is 9.28 Å². The van der Waals surface area contributed by atoms with Gasteiger partial charge < -0.3 is 8.85 Å². The lowest BCUT2D eigenvalue weighted by molar-refractivity contribution is 0.212. The van der Waals surface area contributed by atoms with Gasteiger partial charge in [-0.3, -0.25) is 0 Å². The van der Waals surface area contributed by atoms with Gasteiger partial charge in [0.2, 0.25) is 0 Å². The van der Waals surface area contributed by atoms with Crippen LogP contribution in [0.5, 0.6) is 0 Å². The molecular weight excluding hydrogens is 216 g/mol. The van der Waals surface area contributed by atoms with E-state index in [-0.39, 0.29) is 0 Å². The molecule has 0 bridgehead atoms. The maximum absolute atomic E-state index is 5.69. The second-order valence-corrected chi connectivity index (χ2v) is 5.88. The molecule has 0 spiro atoms. The Morgan fingerprint density at radius 3 is 2.12 bits per heavy atom. The van der Waals surface area contributed by atoms with Gasteiger partial charge in [-0.15, -0.1) is 0 Å². The van der Waals surface area contributed by atoms with Crippen molar-refractivity contribution in [2.75, 3.05) is 13.2 Å². The van der Waals surface area contributed by atoms with Crippen molar-refractivity contribution in [1.29, 1.82) is 0 Å². The highest BCUT2D eigenvalue weighted by molar-refractivity contribution is 6.44. The van der Waals surface area contributed by atoms with Crippen molar-refractivity contribution in [3.63, 3.8) is 0 Å². The van der Waals surface area contributed by atoms with E-state index in [2.05, 4.69) is 37.3 Å². The maximum Gasteiger partial charge on any atom is 0.321 e. The molecule has 0 heterocycles. The van der Waals surface area contributed by atoms with E-state index in [0.29, 0.717) is 5.92 Å². The molecule has 1 atom stereocenters. The van der Waals surface area contributed by atoms with E-state index in [1.807, 2.05) is 13.8 Å². The summed E-state index contributed by atoms with van der Waals surface area (Å²) in [5.41, 5.74) is 1.37. The summed E-state index contributed by atoms with van der Waals surface area (Å²) >= 11 is 0. The van der Waals surface area contributed by atoms with Gasteiger partial charge in [-0.1, -0.05) is 37.3 Å². The van der Waals surface area contributed by atoms with Crippen molar-refractivity contribution in [1.82, 2.24) is 0 Å². The second kappa shape index (κ2) is 7.60. The zero-order valence-electron chi connectivity index (χ0n) is 10.5. The minimum absolute atomic E-state index is 0.524. The van der Waals surface area contributed by atoms with E-state index >= 15 is 0 Å².